The van der Waals surface area contributed by atoms with Gasteiger partial charge in [0.1, 0.15) is 5.82 Å². The average Bonchev–Trinajstić information content (AvgIpc) is 2.10. The minimum atomic E-state index is -0.343. The van der Waals surface area contributed by atoms with Gasteiger partial charge in [0.25, 0.3) is 0 Å². The van der Waals surface area contributed by atoms with Gasteiger partial charge in [-0.05, 0) is 26.0 Å². The van der Waals surface area contributed by atoms with Gasteiger partial charge in [-0.2, -0.15) is 0 Å². The van der Waals surface area contributed by atoms with Crippen LogP contribution in [-0.2, 0) is 6.42 Å². The molecule has 0 bridgehead atoms. The summed E-state index contributed by atoms with van der Waals surface area (Å²) in [5, 5.41) is 0.386. The van der Waals surface area contributed by atoms with Crippen molar-refractivity contribution in [2.45, 2.75) is 26.3 Å². The highest BCUT2D eigenvalue weighted by Crippen LogP contribution is 2.19. The summed E-state index contributed by atoms with van der Waals surface area (Å²) in [4.78, 5) is 4.12. The summed E-state index contributed by atoms with van der Waals surface area (Å²) in [5.41, 5.74) is 6.07. The van der Waals surface area contributed by atoms with Crippen LogP contribution in [0.3, 0.4) is 0 Å². The number of aliphatic imine (C=N–C) groups is 1. The molecule has 0 saturated heterocycles. The van der Waals surface area contributed by atoms with E-state index >= 15 is 0 Å². The number of amidine groups is 1. The summed E-state index contributed by atoms with van der Waals surface area (Å²) >= 11 is 5.86. The fourth-order valence-corrected chi connectivity index (χ4v) is 1.49. The van der Waals surface area contributed by atoms with Gasteiger partial charge in [0.2, 0.25) is 0 Å². The average molecular weight is 229 g/mol. The Morgan fingerprint density at radius 1 is 1.53 bits per heavy atom. The summed E-state index contributed by atoms with van der Waals surface area (Å²) in [7, 11) is 0. The number of rotatable bonds is 3. The molecule has 0 aliphatic carbocycles. The second-order valence-electron chi connectivity index (χ2n) is 3.59. The summed E-state index contributed by atoms with van der Waals surface area (Å²) in [6.45, 7) is 3.83. The third-order valence-corrected chi connectivity index (χ3v) is 2.20. The summed E-state index contributed by atoms with van der Waals surface area (Å²) in [5.74, 6) is 0.0569. The molecule has 82 valence electrons. The van der Waals surface area contributed by atoms with E-state index < -0.39 is 0 Å². The highest BCUT2D eigenvalue weighted by Gasteiger charge is 2.08. The highest BCUT2D eigenvalue weighted by molar-refractivity contribution is 6.31. The van der Waals surface area contributed by atoms with Crippen LogP contribution in [0.25, 0.3) is 0 Å². The normalized spacial score (nSPS) is 12.2. The van der Waals surface area contributed by atoms with Crippen molar-refractivity contribution in [3.05, 3.63) is 34.6 Å². The molecule has 0 aliphatic rings. The second kappa shape index (κ2) is 5.12. The van der Waals surface area contributed by atoms with E-state index in [4.69, 9.17) is 17.3 Å². The molecule has 0 heterocycles. The molecular formula is C11H14ClFN2. The topological polar surface area (TPSA) is 38.4 Å². The van der Waals surface area contributed by atoms with Crippen molar-refractivity contribution >= 4 is 17.4 Å². The van der Waals surface area contributed by atoms with Crippen LogP contribution in [-0.4, -0.2) is 11.9 Å². The maximum Gasteiger partial charge on any atom is 0.128 e. The molecule has 0 spiro atoms. The first-order valence-electron chi connectivity index (χ1n) is 4.75. The van der Waals surface area contributed by atoms with Crippen molar-refractivity contribution in [1.82, 2.24) is 0 Å². The van der Waals surface area contributed by atoms with E-state index in [0.717, 1.165) is 0 Å². The third kappa shape index (κ3) is 3.51. The Morgan fingerprint density at radius 3 is 2.73 bits per heavy atom. The Labute approximate surface area is 94.0 Å². The van der Waals surface area contributed by atoms with Gasteiger partial charge in [-0.3, -0.25) is 4.99 Å². The molecule has 1 rings (SSSR count). The SMILES string of the molecule is CC(C)N=C(N)Cc1c(F)cccc1Cl. The lowest BCUT2D eigenvalue weighted by Gasteiger charge is -2.06. The van der Waals surface area contributed by atoms with Crippen molar-refractivity contribution in [2.24, 2.45) is 10.7 Å². The van der Waals surface area contributed by atoms with Gasteiger partial charge >= 0.3 is 0 Å². The molecule has 1 aromatic rings. The first-order chi connectivity index (χ1) is 7.00. The molecule has 0 aliphatic heterocycles. The quantitative estimate of drug-likeness (QED) is 0.627. The van der Waals surface area contributed by atoms with Crippen molar-refractivity contribution in [3.63, 3.8) is 0 Å². The molecule has 0 saturated carbocycles. The smallest absolute Gasteiger partial charge is 0.128 e. The molecule has 4 heteroatoms. The lowest BCUT2D eigenvalue weighted by Crippen LogP contribution is -2.18. The zero-order valence-electron chi connectivity index (χ0n) is 8.80. The predicted molar refractivity (Wildman–Crippen MR) is 61.9 cm³/mol. The van der Waals surface area contributed by atoms with E-state index in [9.17, 15) is 4.39 Å². The minimum Gasteiger partial charge on any atom is -0.387 e. The highest BCUT2D eigenvalue weighted by atomic mass is 35.5. The first-order valence-corrected chi connectivity index (χ1v) is 5.13. The monoisotopic (exact) mass is 228 g/mol. The van der Waals surface area contributed by atoms with Crippen molar-refractivity contribution in [1.29, 1.82) is 0 Å². The van der Waals surface area contributed by atoms with Crippen LogP contribution < -0.4 is 5.73 Å². The van der Waals surface area contributed by atoms with Gasteiger partial charge in [0, 0.05) is 23.0 Å². The standard InChI is InChI=1S/C11H14ClFN2/c1-7(2)15-11(14)6-8-9(12)4-3-5-10(8)13/h3-5,7H,6H2,1-2H3,(H2,14,15). The molecule has 2 nitrogen and oxygen atoms in total. The van der Waals surface area contributed by atoms with Crippen LogP contribution in [0.2, 0.25) is 5.02 Å². The number of hydrogen-bond donors (Lipinski definition) is 1. The molecule has 0 unspecified atom stereocenters. The van der Waals surface area contributed by atoms with E-state index in [1.165, 1.54) is 6.07 Å². The number of benzene rings is 1. The van der Waals surface area contributed by atoms with E-state index in [-0.39, 0.29) is 18.3 Å². The molecule has 1 aromatic carbocycles. The predicted octanol–water partition coefficient (Wildman–Crippen LogP) is 2.79. The van der Waals surface area contributed by atoms with Crippen LogP contribution in [0.5, 0.6) is 0 Å². The summed E-state index contributed by atoms with van der Waals surface area (Å²) in [6, 6.07) is 4.68. The molecule has 0 radical (unpaired) electrons. The van der Waals surface area contributed by atoms with Gasteiger partial charge in [-0.25, -0.2) is 4.39 Å². The zero-order chi connectivity index (χ0) is 11.4. The molecular weight excluding hydrogens is 215 g/mol. The number of nitrogens with zero attached hydrogens (tertiary/aromatic N) is 1. The first kappa shape index (κ1) is 12.0. The number of halogens is 2. The van der Waals surface area contributed by atoms with Crippen LogP contribution in [0.1, 0.15) is 19.4 Å². The van der Waals surface area contributed by atoms with Crippen molar-refractivity contribution in [3.8, 4) is 0 Å². The largest absolute Gasteiger partial charge is 0.387 e. The second-order valence-corrected chi connectivity index (χ2v) is 4.00. The van der Waals surface area contributed by atoms with Crippen LogP contribution >= 0.6 is 11.6 Å². The summed E-state index contributed by atoms with van der Waals surface area (Å²) in [6.07, 6.45) is 0.254. The minimum absolute atomic E-state index is 0.107. The fraction of sp³-hybridized carbons (Fsp3) is 0.364. The lowest BCUT2D eigenvalue weighted by molar-refractivity contribution is 0.615. The molecule has 0 aromatic heterocycles. The van der Waals surface area contributed by atoms with E-state index in [0.29, 0.717) is 16.4 Å². The molecule has 0 fully saturated rings. The van der Waals surface area contributed by atoms with Crippen molar-refractivity contribution < 1.29 is 4.39 Å². The number of nitrogens with two attached hydrogens (primary N) is 1. The Bertz CT molecular complexity index is 355. The maximum absolute atomic E-state index is 13.4. The Hall–Kier alpha value is -1.09. The van der Waals surface area contributed by atoms with E-state index in [1.54, 1.807) is 12.1 Å². The van der Waals surface area contributed by atoms with E-state index in [2.05, 4.69) is 4.99 Å². The third-order valence-electron chi connectivity index (χ3n) is 1.84. The molecule has 0 amide bonds. The fourth-order valence-electron chi connectivity index (χ4n) is 1.26. The van der Waals surface area contributed by atoms with Crippen molar-refractivity contribution in [2.75, 3.05) is 0 Å². The zero-order valence-corrected chi connectivity index (χ0v) is 9.55. The summed E-state index contributed by atoms with van der Waals surface area (Å²) < 4.78 is 13.4. The van der Waals surface area contributed by atoms with Gasteiger partial charge in [-0.15, -0.1) is 0 Å². The molecule has 15 heavy (non-hydrogen) atoms. The number of hydrogen-bond acceptors (Lipinski definition) is 1. The van der Waals surface area contributed by atoms with Gasteiger partial charge < -0.3 is 5.73 Å². The van der Waals surface area contributed by atoms with Crippen LogP contribution in [0.4, 0.5) is 4.39 Å². The Balaban J connectivity index is 2.90. The Kier molecular flexibility index (Phi) is 4.09. The maximum atomic E-state index is 13.4. The molecule has 0 atom stereocenters. The van der Waals surface area contributed by atoms with Gasteiger partial charge in [0.05, 0.1) is 5.84 Å². The van der Waals surface area contributed by atoms with Gasteiger partial charge in [0.15, 0.2) is 0 Å². The van der Waals surface area contributed by atoms with Gasteiger partial charge in [-0.1, -0.05) is 17.7 Å². The van der Waals surface area contributed by atoms with Crippen LogP contribution in [0.15, 0.2) is 23.2 Å². The van der Waals surface area contributed by atoms with E-state index in [1.807, 2.05) is 13.8 Å². The Morgan fingerprint density at radius 2 is 2.20 bits per heavy atom. The van der Waals surface area contributed by atoms with Crippen LogP contribution in [0, 0.1) is 5.82 Å². The molecule has 2 N–H and O–H groups in total. The lowest BCUT2D eigenvalue weighted by atomic mass is 10.1.